The molecule has 0 bridgehead atoms. The Bertz CT molecular complexity index is 1310. The molecule has 1 atom stereocenters. The summed E-state index contributed by atoms with van der Waals surface area (Å²) in [5.41, 5.74) is 2.46. The van der Waals surface area contributed by atoms with Crippen molar-refractivity contribution >= 4 is 0 Å². The molecule has 1 aliphatic heterocycles. The van der Waals surface area contributed by atoms with E-state index in [-0.39, 0.29) is 17.2 Å². The van der Waals surface area contributed by atoms with Crippen LogP contribution in [0.2, 0.25) is 0 Å². The number of nitrogens with zero attached hydrogens (tertiary/aromatic N) is 5. The molecule has 0 amide bonds. The van der Waals surface area contributed by atoms with E-state index >= 15 is 0 Å². The van der Waals surface area contributed by atoms with Gasteiger partial charge < -0.3 is 9.30 Å². The maximum atomic E-state index is 13.2. The van der Waals surface area contributed by atoms with Gasteiger partial charge in [-0.1, -0.05) is 31.2 Å². The van der Waals surface area contributed by atoms with Gasteiger partial charge >= 0.3 is 6.18 Å². The first kappa shape index (κ1) is 22.1. The van der Waals surface area contributed by atoms with Gasteiger partial charge in [0.2, 0.25) is 0 Å². The zero-order valence-corrected chi connectivity index (χ0v) is 18.7. The van der Waals surface area contributed by atoms with Crippen molar-refractivity contribution < 1.29 is 17.9 Å². The van der Waals surface area contributed by atoms with Gasteiger partial charge in [-0.3, -0.25) is 10.1 Å². The van der Waals surface area contributed by atoms with Crippen LogP contribution in [-0.2, 0) is 12.7 Å². The Kier molecular flexibility index (Phi) is 5.59. The molecule has 0 aliphatic carbocycles. The van der Waals surface area contributed by atoms with E-state index in [0.29, 0.717) is 30.5 Å². The number of imidazole rings is 1. The van der Waals surface area contributed by atoms with Gasteiger partial charge in [-0.25, -0.2) is 4.98 Å². The molecule has 0 fully saturated rings. The van der Waals surface area contributed by atoms with E-state index in [0.717, 1.165) is 12.2 Å². The molecule has 1 aromatic carbocycles. The quantitative estimate of drug-likeness (QED) is 0.422. The largest absolute Gasteiger partial charge is 0.493 e. The molecule has 5 rings (SSSR count). The molecule has 34 heavy (non-hydrogen) atoms. The number of aromatic amines is 1. The number of hydrogen-bond donors (Lipinski definition) is 1. The fraction of sp³-hybridized carbons (Fsp3) is 0.333. The smallest absolute Gasteiger partial charge is 0.435 e. The lowest BCUT2D eigenvalue weighted by atomic mass is 9.90. The van der Waals surface area contributed by atoms with Crippen LogP contribution in [0.15, 0.2) is 49.1 Å². The van der Waals surface area contributed by atoms with Gasteiger partial charge in [0.05, 0.1) is 18.6 Å². The third-order valence-corrected chi connectivity index (χ3v) is 6.06. The molecule has 3 aromatic heterocycles. The van der Waals surface area contributed by atoms with Crippen LogP contribution in [0, 0.1) is 0 Å². The summed E-state index contributed by atoms with van der Waals surface area (Å²) in [6.45, 7) is 5.68. The highest BCUT2D eigenvalue weighted by atomic mass is 19.4. The minimum Gasteiger partial charge on any atom is -0.493 e. The topological polar surface area (TPSA) is 81.5 Å². The van der Waals surface area contributed by atoms with Crippen molar-refractivity contribution in [3.05, 3.63) is 65.9 Å². The summed E-state index contributed by atoms with van der Waals surface area (Å²) in [5, 5.41) is 8.88. The molecular weight excluding hydrogens is 445 g/mol. The van der Waals surface area contributed by atoms with E-state index in [2.05, 4.69) is 52.3 Å². The zero-order chi connectivity index (χ0) is 23.9. The first-order valence-corrected chi connectivity index (χ1v) is 11.0. The van der Waals surface area contributed by atoms with Crippen LogP contribution in [0.5, 0.6) is 5.75 Å². The molecule has 4 aromatic rings. The Labute approximate surface area is 194 Å². The second kappa shape index (κ2) is 8.58. The van der Waals surface area contributed by atoms with Crippen molar-refractivity contribution in [2.45, 2.75) is 44.8 Å². The molecular formula is C24H23F3N6O. The van der Waals surface area contributed by atoms with Gasteiger partial charge in [0.25, 0.3) is 0 Å². The van der Waals surface area contributed by atoms with Gasteiger partial charge in [0.1, 0.15) is 17.1 Å². The van der Waals surface area contributed by atoms with Gasteiger partial charge in [-0.05, 0) is 41.7 Å². The van der Waals surface area contributed by atoms with E-state index in [1.54, 1.807) is 6.33 Å². The van der Waals surface area contributed by atoms with Crippen LogP contribution in [-0.4, -0.2) is 36.6 Å². The molecule has 0 saturated carbocycles. The molecule has 1 aliphatic rings. The van der Waals surface area contributed by atoms with E-state index in [1.165, 1.54) is 29.5 Å². The number of rotatable bonds is 5. The average Bonchev–Trinajstić information content (AvgIpc) is 3.49. The van der Waals surface area contributed by atoms with Crippen LogP contribution in [0.1, 0.15) is 48.9 Å². The lowest BCUT2D eigenvalue weighted by molar-refractivity contribution is -0.140. The number of halogens is 3. The molecule has 7 nitrogen and oxygen atoms in total. The Balaban J connectivity index is 1.38. The van der Waals surface area contributed by atoms with Crippen LogP contribution >= 0.6 is 0 Å². The highest BCUT2D eigenvalue weighted by Crippen LogP contribution is 2.37. The lowest BCUT2D eigenvalue weighted by Gasteiger charge is -2.27. The first-order valence-electron chi connectivity index (χ1n) is 11.0. The van der Waals surface area contributed by atoms with Gasteiger partial charge in [0, 0.05) is 30.4 Å². The van der Waals surface area contributed by atoms with Crippen LogP contribution in [0.25, 0.3) is 22.6 Å². The van der Waals surface area contributed by atoms with Crippen molar-refractivity contribution in [2.24, 2.45) is 0 Å². The number of aromatic nitrogens is 6. The minimum absolute atomic E-state index is 0.264. The van der Waals surface area contributed by atoms with Gasteiger partial charge in [-0.15, -0.1) is 5.10 Å². The maximum absolute atomic E-state index is 13.2. The predicted molar refractivity (Wildman–Crippen MR) is 119 cm³/mol. The van der Waals surface area contributed by atoms with E-state index in [1.807, 2.05) is 15.9 Å². The summed E-state index contributed by atoms with van der Waals surface area (Å²) < 4.78 is 47.6. The molecule has 10 heteroatoms. The minimum atomic E-state index is -4.58. The van der Waals surface area contributed by atoms with E-state index in [4.69, 9.17) is 4.74 Å². The molecule has 1 N–H and O–H groups in total. The van der Waals surface area contributed by atoms with Crippen molar-refractivity contribution in [3.8, 4) is 28.4 Å². The highest BCUT2D eigenvalue weighted by molar-refractivity contribution is 5.67. The molecule has 176 valence electrons. The number of benzene rings is 1. The van der Waals surface area contributed by atoms with Crippen molar-refractivity contribution in [3.63, 3.8) is 0 Å². The number of nitrogens with one attached hydrogen (secondary N) is 1. The average molecular weight is 468 g/mol. The van der Waals surface area contributed by atoms with Crippen molar-refractivity contribution in [1.82, 2.24) is 29.9 Å². The first-order chi connectivity index (χ1) is 16.3. The fourth-order valence-electron chi connectivity index (χ4n) is 4.22. The Hall–Kier alpha value is -3.69. The fourth-order valence-corrected chi connectivity index (χ4v) is 4.22. The summed E-state index contributed by atoms with van der Waals surface area (Å²) in [5.74, 6) is 1.64. The van der Waals surface area contributed by atoms with Gasteiger partial charge in [-0.2, -0.15) is 13.2 Å². The number of ether oxygens (including phenoxy) is 1. The highest BCUT2D eigenvalue weighted by Gasteiger charge is 2.37. The number of alkyl halides is 3. The lowest BCUT2D eigenvalue weighted by Crippen LogP contribution is -2.18. The van der Waals surface area contributed by atoms with Crippen molar-refractivity contribution in [2.75, 3.05) is 6.61 Å². The molecule has 4 heterocycles. The summed E-state index contributed by atoms with van der Waals surface area (Å²) >= 11 is 0. The SMILES string of the molecule is CC(C)c1ccc2c(c1)OCC[C@@H]2Cn1cnc(-c2cc(-c3nn[nH]c3C(F)(F)F)ccn2)c1. The zero-order valence-electron chi connectivity index (χ0n) is 18.7. The number of H-pyrrole nitrogens is 1. The maximum Gasteiger partial charge on any atom is 0.435 e. The summed E-state index contributed by atoms with van der Waals surface area (Å²) in [4.78, 5) is 8.74. The Morgan fingerprint density at radius 2 is 2.00 bits per heavy atom. The summed E-state index contributed by atoms with van der Waals surface area (Å²) in [7, 11) is 0. The van der Waals surface area contributed by atoms with Gasteiger partial charge in [0.15, 0.2) is 5.69 Å². The Morgan fingerprint density at radius 1 is 1.15 bits per heavy atom. The summed E-state index contributed by atoms with van der Waals surface area (Å²) in [6.07, 6.45) is 1.33. The third-order valence-electron chi connectivity index (χ3n) is 6.06. The molecule has 0 radical (unpaired) electrons. The molecule has 0 unspecified atom stereocenters. The van der Waals surface area contributed by atoms with Crippen molar-refractivity contribution in [1.29, 1.82) is 0 Å². The Morgan fingerprint density at radius 3 is 2.79 bits per heavy atom. The second-order valence-electron chi connectivity index (χ2n) is 8.70. The standard InChI is InChI=1S/C24H23F3N6O/c1-14(2)15-3-4-18-17(6-8-34-21(18)10-15)11-33-12-20(29-13-33)19-9-16(5-7-28-19)22-23(24(25,26)27)31-32-30-22/h3-5,7,9-10,12-14,17H,6,8,11H2,1-2H3,(H,30,31,32)/t17-/m1/s1. The third kappa shape index (κ3) is 4.27. The van der Waals surface area contributed by atoms with Crippen LogP contribution in [0.3, 0.4) is 0 Å². The van der Waals surface area contributed by atoms with Crippen LogP contribution in [0.4, 0.5) is 13.2 Å². The predicted octanol–water partition coefficient (Wildman–Crippen LogP) is 5.44. The normalized spacial score (nSPS) is 15.9. The molecule has 0 spiro atoms. The molecule has 0 saturated heterocycles. The van der Waals surface area contributed by atoms with E-state index < -0.39 is 11.9 Å². The van der Waals surface area contributed by atoms with Crippen LogP contribution < -0.4 is 4.74 Å². The monoisotopic (exact) mass is 468 g/mol. The van der Waals surface area contributed by atoms with E-state index in [9.17, 15) is 13.2 Å². The second-order valence-corrected chi connectivity index (χ2v) is 8.70. The summed E-state index contributed by atoms with van der Waals surface area (Å²) in [6, 6.07) is 9.43. The number of hydrogen-bond acceptors (Lipinski definition) is 5. The number of pyridine rings is 1. The number of fused-ring (bicyclic) bond motifs is 1.